The van der Waals surface area contributed by atoms with Crippen LogP contribution in [0.15, 0.2) is 12.4 Å². The van der Waals surface area contributed by atoms with E-state index in [1.165, 1.54) is 55.2 Å². The van der Waals surface area contributed by atoms with Gasteiger partial charge in [0.05, 0.1) is 5.39 Å². The number of thiophene rings is 1. The Labute approximate surface area is 117 Å². The van der Waals surface area contributed by atoms with Gasteiger partial charge in [0, 0.05) is 10.9 Å². The van der Waals surface area contributed by atoms with Crippen molar-refractivity contribution in [2.45, 2.75) is 56.9 Å². The predicted molar refractivity (Wildman–Crippen MR) is 79.9 cm³/mol. The molecule has 0 unspecified atom stereocenters. The molecule has 0 bridgehead atoms. The maximum Gasteiger partial charge on any atom is 0.138 e. The maximum absolute atomic E-state index is 4.48. The minimum Gasteiger partial charge on any atom is -0.367 e. The third kappa shape index (κ3) is 2.34. The second-order valence-electron chi connectivity index (χ2n) is 5.84. The summed E-state index contributed by atoms with van der Waals surface area (Å²) in [4.78, 5) is 11.6. The quantitative estimate of drug-likeness (QED) is 0.905. The smallest absolute Gasteiger partial charge is 0.138 e. The van der Waals surface area contributed by atoms with Gasteiger partial charge in [0.15, 0.2) is 0 Å². The molecule has 2 heterocycles. The Kier molecular flexibility index (Phi) is 2.91. The van der Waals surface area contributed by atoms with E-state index >= 15 is 0 Å². The average Bonchev–Trinajstić information content (AvgIpc) is 3.20. The summed E-state index contributed by atoms with van der Waals surface area (Å²) in [5.74, 6) is 1.86. The Morgan fingerprint density at radius 3 is 2.68 bits per heavy atom. The molecule has 0 saturated heterocycles. The van der Waals surface area contributed by atoms with Gasteiger partial charge in [0.25, 0.3) is 0 Å². The number of nitrogens with zero attached hydrogens (tertiary/aromatic N) is 2. The number of hydrogen-bond donors (Lipinski definition) is 1. The molecule has 19 heavy (non-hydrogen) atoms. The van der Waals surface area contributed by atoms with E-state index in [9.17, 15) is 0 Å². The molecule has 4 heteroatoms. The molecule has 2 aromatic heterocycles. The van der Waals surface area contributed by atoms with Crippen LogP contribution in [0.25, 0.3) is 10.2 Å². The van der Waals surface area contributed by atoms with Crippen LogP contribution in [0.5, 0.6) is 0 Å². The lowest BCUT2D eigenvalue weighted by Crippen LogP contribution is -2.22. The molecule has 4 rings (SSSR count). The average molecular weight is 273 g/mol. The molecule has 0 aliphatic heterocycles. The number of aromatic nitrogens is 2. The second-order valence-corrected chi connectivity index (χ2v) is 6.91. The molecule has 0 spiro atoms. The van der Waals surface area contributed by atoms with E-state index in [1.807, 2.05) is 11.3 Å². The summed E-state index contributed by atoms with van der Waals surface area (Å²) in [6, 6.07) is 2.93. The Balaban J connectivity index is 1.64. The molecule has 2 fully saturated rings. The van der Waals surface area contributed by atoms with Gasteiger partial charge in [-0.3, -0.25) is 0 Å². The fourth-order valence-electron chi connectivity index (χ4n) is 3.00. The van der Waals surface area contributed by atoms with Crippen LogP contribution in [-0.4, -0.2) is 16.0 Å². The van der Waals surface area contributed by atoms with Crippen LogP contribution in [0.1, 0.15) is 55.7 Å². The standard InChI is InChI=1S/C15H19N3S/c1-2-4-11(5-3-1)18-14-12-8-13(10-6-7-10)19-15(12)17-9-16-14/h8-11H,1-7H2,(H,16,17,18). The summed E-state index contributed by atoms with van der Waals surface area (Å²) in [5.41, 5.74) is 0. The van der Waals surface area contributed by atoms with Gasteiger partial charge < -0.3 is 5.32 Å². The lowest BCUT2D eigenvalue weighted by molar-refractivity contribution is 0.462. The monoisotopic (exact) mass is 273 g/mol. The van der Waals surface area contributed by atoms with Gasteiger partial charge in [-0.25, -0.2) is 9.97 Å². The molecule has 2 aliphatic carbocycles. The normalized spacial score (nSPS) is 20.8. The lowest BCUT2D eigenvalue weighted by Gasteiger charge is -2.23. The second kappa shape index (κ2) is 4.75. The molecule has 2 aromatic rings. The number of nitrogens with one attached hydrogen (secondary N) is 1. The first-order chi connectivity index (χ1) is 9.40. The van der Waals surface area contributed by atoms with Crippen LogP contribution in [0.3, 0.4) is 0 Å². The predicted octanol–water partition coefficient (Wildman–Crippen LogP) is 4.31. The van der Waals surface area contributed by atoms with Crippen molar-refractivity contribution < 1.29 is 0 Å². The van der Waals surface area contributed by atoms with Crippen molar-refractivity contribution in [2.75, 3.05) is 5.32 Å². The fraction of sp³-hybridized carbons (Fsp3) is 0.600. The lowest BCUT2D eigenvalue weighted by atomic mass is 9.95. The molecule has 0 aromatic carbocycles. The van der Waals surface area contributed by atoms with E-state index in [4.69, 9.17) is 0 Å². The topological polar surface area (TPSA) is 37.8 Å². The molecular weight excluding hydrogens is 254 g/mol. The zero-order valence-corrected chi connectivity index (χ0v) is 11.9. The highest BCUT2D eigenvalue weighted by Crippen LogP contribution is 2.45. The molecule has 0 atom stereocenters. The van der Waals surface area contributed by atoms with Crippen molar-refractivity contribution in [3.63, 3.8) is 0 Å². The minimum atomic E-state index is 0.608. The van der Waals surface area contributed by atoms with E-state index in [0.717, 1.165) is 16.6 Å². The van der Waals surface area contributed by atoms with Gasteiger partial charge in [0.1, 0.15) is 17.0 Å². The fourth-order valence-corrected chi connectivity index (χ4v) is 4.17. The number of rotatable bonds is 3. The van der Waals surface area contributed by atoms with Crippen LogP contribution < -0.4 is 5.32 Å². The molecule has 1 N–H and O–H groups in total. The van der Waals surface area contributed by atoms with Gasteiger partial charge >= 0.3 is 0 Å². The molecule has 0 amide bonds. The van der Waals surface area contributed by atoms with Crippen LogP contribution in [-0.2, 0) is 0 Å². The Bertz CT molecular complexity index is 582. The largest absolute Gasteiger partial charge is 0.367 e. The minimum absolute atomic E-state index is 0.608. The number of fused-ring (bicyclic) bond motifs is 1. The summed E-state index contributed by atoms with van der Waals surface area (Å²) in [7, 11) is 0. The Hall–Kier alpha value is -1.16. The van der Waals surface area contributed by atoms with Gasteiger partial charge in [-0.2, -0.15) is 0 Å². The van der Waals surface area contributed by atoms with Gasteiger partial charge in [-0.15, -0.1) is 11.3 Å². The first-order valence-electron chi connectivity index (χ1n) is 7.41. The van der Waals surface area contributed by atoms with Crippen LogP contribution in [0.4, 0.5) is 5.82 Å². The van der Waals surface area contributed by atoms with E-state index < -0.39 is 0 Å². The van der Waals surface area contributed by atoms with E-state index in [1.54, 1.807) is 6.33 Å². The highest BCUT2D eigenvalue weighted by atomic mass is 32.1. The van der Waals surface area contributed by atoms with Crippen molar-refractivity contribution in [3.05, 3.63) is 17.3 Å². The third-order valence-electron chi connectivity index (χ3n) is 4.27. The summed E-state index contributed by atoms with van der Waals surface area (Å²) >= 11 is 1.85. The molecule has 100 valence electrons. The van der Waals surface area contributed by atoms with Crippen LogP contribution in [0, 0.1) is 0 Å². The summed E-state index contributed by atoms with van der Waals surface area (Å²) < 4.78 is 0. The highest BCUT2D eigenvalue weighted by molar-refractivity contribution is 7.18. The highest BCUT2D eigenvalue weighted by Gasteiger charge is 2.26. The van der Waals surface area contributed by atoms with Crippen molar-refractivity contribution in [2.24, 2.45) is 0 Å². The van der Waals surface area contributed by atoms with Gasteiger partial charge in [0.2, 0.25) is 0 Å². The van der Waals surface area contributed by atoms with Crippen molar-refractivity contribution >= 4 is 27.4 Å². The van der Waals surface area contributed by atoms with Gasteiger partial charge in [-0.1, -0.05) is 19.3 Å². The summed E-state index contributed by atoms with van der Waals surface area (Å²) in [6.07, 6.45) is 11.1. The molecular formula is C15H19N3S. The maximum atomic E-state index is 4.48. The molecule has 3 nitrogen and oxygen atoms in total. The van der Waals surface area contributed by atoms with Gasteiger partial charge in [-0.05, 0) is 37.7 Å². The van der Waals surface area contributed by atoms with Crippen molar-refractivity contribution in [1.29, 1.82) is 0 Å². The van der Waals surface area contributed by atoms with E-state index in [-0.39, 0.29) is 0 Å². The summed E-state index contributed by atoms with van der Waals surface area (Å²) in [5, 5.41) is 4.89. The molecule has 0 radical (unpaired) electrons. The first kappa shape index (κ1) is 11.6. The van der Waals surface area contributed by atoms with E-state index in [0.29, 0.717) is 6.04 Å². The molecule has 2 aliphatic rings. The van der Waals surface area contributed by atoms with Crippen LogP contribution in [0.2, 0.25) is 0 Å². The van der Waals surface area contributed by atoms with Crippen molar-refractivity contribution in [1.82, 2.24) is 9.97 Å². The molecule has 2 saturated carbocycles. The van der Waals surface area contributed by atoms with E-state index in [2.05, 4.69) is 21.4 Å². The Morgan fingerprint density at radius 2 is 1.89 bits per heavy atom. The zero-order chi connectivity index (χ0) is 12.7. The third-order valence-corrected chi connectivity index (χ3v) is 5.48. The SMILES string of the molecule is c1nc(NC2CCCCC2)c2cc(C3CC3)sc2n1. The van der Waals surface area contributed by atoms with Crippen LogP contribution >= 0.6 is 11.3 Å². The summed E-state index contributed by atoms with van der Waals surface area (Å²) in [6.45, 7) is 0. The van der Waals surface area contributed by atoms with Crippen molar-refractivity contribution in [3.8, 4) is 0 Å². The number of hydrogen-bond acceptors (Lipinski definition) is 4. The zero-order valence-electron chi connectivity index (χ0n) is 11.1. The Morgan fingerprint density at radius 1 is 1.05 bits per heavy atom. The first-order valence-corrected chi connectivity index (χ1v) is 8.23. The number of anilines is 1.